The minimum absolute atomic E-state index is 0.197. The largest absolute Gasteiger partial charge is 0.497 e. The van der Waals surface area contributed by atoms with E-state index >= 15 is 0 Å². The molecule has 0 unspecified atom stereocenters. The topological polar surface area (TPSA) is 97.7 Å². The number of rotatable bonds is 6. The van der Waals surface area contributed by atoms with Crippen molar-refractivity contribution in [3.8, 4) is 22.9 Å². The molecular weight excluding hydrogens is 384 g/mol. The summed E-state index contributed by atoms with van der Waals surface area (Å²) in [5.74, 6) is 0.470. The number of imidazole rings is 1. The number of carbonyl (C=O) groups is 1. The van der Waals surface area contributed by atoms with Crippen LogP contribution < -0.4 is 20.3 Å². The van der Waals surface area contributed by atoms with Gasteiger partial charge in [-0.2, -0.15) is 0 Å². The van der Waals surface area contributed by atoms with Gasteiger partial charge in [0.2, 0.25) is 5.88 Å². The lowest BCUT2D eigenvalue weighted by Crippen LogP contribution is -2.18. The van der Waals surface area contributed by atoms with Gasteiger partial charge in [-0.3, -0.25) is 14.0 Å². The number of carbonyl (C=O) groups excluding carboxylic acids is 1. The van der Waals surface area contributed by atoms with E-state index in [4.69, 9.17) is 9.47 Å². The second kappa shape index (κ2) is 8.00. The first kappa shape index (κ1) is 19.7. The van der Waals surface area contributed by atoms with Crippen LogP contribution in [0.25, 0.3) is 27.8 Å². The Bertz CT molecular complexity index is 1310. The van der Waals surface area contributed by atoms with Gasteiger partial charge in [-0.25, -0.2) is 4.98 Å². The number of pyridine rings is 2. The number of aryl methyl sites for hydroxylation is 1. The molecule has 0 atom stereocenters. The molecule has 30 heavy (non-hydrogen) atoms. The van der Waals surface area contributed by atoms with E-state index < -0.39 is 5.97 Å². The molecule has 4 aromatic rings. The summed E-state index contributed by atoms with van der Waals surface area (Å²) in [4.78, 5) is 32.8. The van der Waals surface area contributed by atoms with Gasteiger partial charge >= 0.3 is 5.97 Å². The van der Waals surface area contributed by atoms with Gasteiger partial charge in [0.15, 0.2) is 0 Å². The van der Waals surface area contributed by atoms with E-state index in [-0.39, 0.29) is 17.9 Å². The zero-order chi connectivity index (χ0) is 21.3. The van der Waals surface area contributed by atoms with Crippen LogP contribution in [0.2, 0.25) is 0 Å². The second-order valence-electron chi connectivity index (χ2n) is 6.94. The lowest BCUT2D eigenvalue weighted by atomic mass is 10.1. The molecule has 0 saturated carbocycles. The normalized spacial score (nSPS) is 11.2. The van der Waals surface area contributed by atoms with Crippen LogP contribution in [0.1, 0.15) is 12.0 Å². The third-order valence-corrected chi connectivity index (χ3v) is 4.90. The Balaban J connectivity index is 1.90. The zero-order valence-electron chi connectivity index (χ0n) is 17.0. The number of aromatic nitrogens is 3. The maximum absolute atomic E-state index is 12.9. The number of esters is 1. The summed E-state index contributed by atoms with van der Waals surface area (Å²) >= 11 is 0. The molecule has 8 heteroatoms. The predicted octanol–water partition coefficient (Wildman–Crippen LogP) is 2.67. The van der Waals surface area contributed by atoms with E-state index in [1.807, 2.05) is 31.2 Å². The monoisotopic (exact) mass is 406 g/mol. The number of methoxy groups -OCH3 is 1. The number of nitrogens with zero attached hydrogens (tertiary/aromatic N) is 2. The smallest absolute Gasteiger partial charge is 0.313 e. The summed E-state index contributed by atoms with van der Waals surface area (Å²) < 4.78 is 12.6. The summed E-state index contributed by atoms with van der Waals surface area (Å²) in [6.45, 7) is 2.40. The van der Waals surface area contributed by atoms with E-state index in [0.29, 0.717) is 34.7 Å². The van der Waals surface area contributed by atoms with Gasteiger partial charge in [0, 0.05) is 18.8 Å². The molecule has 0 saturated heterocycles. The van der Waals surface area contributed by atoms with Crippen molar-refractivity contribution in [2.75, 3.05) is 20.7 Å². The van der Waals surface area contributed by atoms with E-state index in [1.54, 1.807) is 36.9 Å². The highest BCUT2D eigenvalue weighted by Crippen LogP contribution is 2.32. The van der Waals surface area contributed by atoms with Gasteiger partial charge in [-0.05, 0) is 49.2 Å². The van der Waals surface area contributed by atoms with E-state index in [1.165, 1.54) is 0 Å². The lowest BCUT2D eigenvalue weighted by molar-refractivity contribution is -0.134. The Morgan fingerprint density at radius 1 is 1.27 bits per heavy atom. The van der Waals surface area contributed by atoms with E-state index in [0.717, 1.165) is 10.9 Å². The fourth-order valence-corrected chi connectivity index (χ4v) is 3.32. The molecule has 3 aromatic heterocycles. The molecule has 0 bridgehead atoms. The molecule has 0 aliphatic carbocycles. The molecule has 2 N–H and O–H groups in total. The van der Waals surface area contributed by atoms with Crippen molar-refractivity contribution in [3.63, 3.8) is 0 Å². The van der Waals surface area contributed by atoms with Crippen molar-refractivity contribution in [2.24, 2.45) is 0 Å². The van der Waals surface area contributed by atoms with Gasteiger partial charge in [0.1, 0.15) is 17.1 Å². The Morgan fingerprint density at radius 2 is 2.10 bits per heavy atom. The Morgan fingerprint density at radius 3 is 2.87 bits per heavy atom. The van der Waals surface area contributed by atoms with Crippen LogP contribution in [0.5, 0.6) is 11.6 Å². The summed E-state index contributed by atoms with van der Waals surface area (Å²) in [6.07, 6.45) is 1.96. The number of nitrogens with one attached hydrogen (secondary N) is 2. The molecule has 0 aliphatic heterocycles. The summed E-state index contributed by atoms with van der Waals surface area (Å²) in [5.41, 5.74) is 2.49. The highest BCUT2D eigenvalue weighted by atomic mass is 16.5. The minimum Gasteiger partial charge on any atom is -0.497 e. The SMILES string of the molecule is CNCCC(=O)Oc1c(-c2cc3ccc(OC)cc3[nH]c2=O)nc2c(C)cccn12. The van der Waals surface area contributed by atoms with Gasteiger partial charge in [-0.1, -0.05) is 6.07 Å². The van der Waals surface area contributed by atoms with Crippen molar-refractivity contribution in [1.82, 2.24) is 19.7 Å². The molecule has 0 spiro atoms. The highest BCUT2D eigenvalue weighted by molar-refractivity contribution is 5.86. The average Bonchev–Trinajstić information content (AvgIpc) is 3.10. The fraction of sp³-hybridized carbons (Fsp3) is 0.227. The maximum Gasteiger partial charge on any atom is 0.313 e. The summed E-state index contributed by atoms with van der Waals surface area (Å²) in [5, 5.41) is 3.73. The van der Waals surface area contributed by atoms with Gasteiger partial charge in [0.05, 0.1) is 24.6 Å². The Kier molecular flexibility index (Phi) is 5.24. The number of H-pyrrole nitrogens is 1. The average molecular weight is 406 g/mol. The van der Waals surface area contributed by atoms with Crippen LogP contribution in [0.4, 0.5) is 0 Å². The molecule has 154 valence electrons. The zero-order valence-corrected chi connectivity index (χ0v) is 17.0. The molecule has 0 aliphatic rings. The first-order chi connectivity index (χ1) is 14.5. The number of ether oxygens (including phenoxy) is 2. The quantitative estimate of drug-likeness (QED) is 0.478. The lowest BCUT2D eigenvalue weighted by Gasteiger charge is -2.08. The number of hydrogen-bond acceptors (Lipinski definition) is 6. The van der Waals surface area contributed by atoms with Crippen LogP contribution >= 0.6 is 0 Å². The number of benzene rings is 1. The molecule has 8 nitrogen and oxygen atoms in total. The predicted molar refractivity (Wildman–Crippen MR) is 114 cm³/mol. The van der Waals surface area contributed by atoms with Crippen molar-refractivity contribution >= 4 is 22.5 Å². The summed E-state index contributed by atoms with van der Waals surface area (Å²) in [6, 6.07) is 10.9. The highest BCUT2D eigenvalue weighted by Gasteiger charge is 2.22. The van der Waals surface area contributed by atoms with Crippen molar-refractivity contribution in [3.05, 3.63) is 58.5 Å². The maximum atomic E-state index is 12.9. The standard InChI is InChI=1S/C22H22N4O4/c1-13-5-4-10-26-20(13)25-19(22(26)30-18(27)8-9-23-2)16-11-14-6-7-15(29-3)12-17(14)24-21(16)28/h4-7,10-12,23H,8-9H2,1-3H3,(H,24,28). The third-order valence-electron chi connectivity index (χ3n) is 4.90. The van der Waals surface area contributed by atoms with E-state index in [9.17, 15) is 9.59 Å². The third kappa shape index (κ3) is 3.53. The van der Waals surface area contributed by atoms with Gasteiger partial charge in [-0.15, -0.1) is 0 Å². The number of aromatic amines is 1. The van der Waals surface area contributed by atoms with Crippen molar-refractivity contribution in [2.45, 2.75) is 13.3 Å². The Hall–Kier alpha value is -3.65. The molecule has 3 heterocycles. The molecule has 1 aromatic carbocycles. The molecule has 0 fully saturated rings. The first-order valence-corrected chi connectivity index (χ1v) is 9.56. The van der Waals surface area contributed by atoms with Gasteiger partial charge < -0.3 is 19.8 Å². The van der Waals surface area contributed by atoms with Crippen LogP contribution in [-0.4, -0.2) is 41.0 Å². The fourth-order valence-electron chi connectivity index (χ4n) is 3.32. The van der Waals surface area contributed by atoms with Crippen molar-refractivity contribution < 1.29 is 14.3 Å². The number of hydrogen-bond donors (Lipinski definition) is 2. The van der Waals surface area contributed by atoms with E-state index in [2.05, 4.69) is 15.3 Å². The van der Waals surface area contributed by atoms with Crippen LogP contribution in [0, 0.1) is 6.92 Å². The van der Waals surface area contributed by atoms with Crippen LogP contribution in [0.3, 0.4) is 0 Å². The van der Waals surface area contributed by atoms with Crippen molar-refractivity contribution in [1.29, 1.82) is 0 Å². The number of fused-ring (bicyclic) bond motifs is 2. The molecule has 4 rings (SSSR count). The second-order valence-corrected chi connectivity index (χ2v) is 6.94. The molecule has 0 radical (unpaired) electrons. The molecular formula is C22H22N4O4. The molecule has 0 amide bonds. The first-order valence-electron chi connectivity index (χ1n) is 9.56. The van der Waals surface area contributed by atoms with Gasteiger partial charge in [0.25, 0.3) is 5.56 Å². The minimum atomic E-state index is -0.407. The van der Waals surface area contributed by atoms with Crippen LogP contribution in [0.15, 0.2) is 47.4 Å². The Labute approximate surface area is 172 Å². The van der Waals surface area contributed by atoms with Crippen LogP contribution in [-0.2, 0) is 4.79 Å². The summed E-state index contributed by atoms with van der Waals surface area (Å²) in [7, 11) is 3.33.